The largest absolute Gasteiger partial charge is 0.486 e. The molecule has 3 aromatic rings. The monoisotopic (exact) mass is 602 g/mol. The summed E-state index contributed by atoms with van der Waals surface area (Å²) in [5.41, 5.74) is 4.05. The predicted molar refractivity (Wildman–Crippen MR) is 170 cm³/mol. The van der Waals surface area contributed by atoms with Crippen LogP contribution in [0.3, 0.4) is 0 Å². The number of oxazole rings is 1. The summed E-state index contributed by atoms with van der Waals surface area (Å²) in [4.78, 5) is 29.4. The van der Waals surface area contributed by atoms with Crippen LogP contribution in [0.1, 0.15) is 72.0 Å². The van der Waals surface area contributed by atoms with Crippen molar-refractivity contribution in [3.63, 3.8) is 0 Å². The summed E-state index contributed by atoms with van der Waals surface area (Å²) in [6.07, 6.45) is 6.05. The third kappa shape index (κ3) is 7.60. The highest BCUT2D eigenvalue weighted by atomic mass is 16.5. The van der Waals surface area contributed by atoms with E-state index >= 15 is 0 Å². The van der Waals surface area contributed by atoms with Gasteiger partial charge in [0.15, 0.2) is 17.9 Å². The summed E-state index contributed by atoms with van der Waals surface area (Å²) in [6, 6.07) is 10.5. The molecule has 0 amide bonds. The number of aryl methyl sites for hydroxylation is 1. The number of pyridine rings is 1. The van der Waals surface area contributed by atoms with Gasteiger partial charge in [-0.05, 0) is 81.0 Å². The van der Waals surface area contributed by atoms with E-state index in [1.165, 1.54) is 23.9 Å². The maximum atomic E-state index is 13.4. The van der Waals surface area contributed by atoms with Gasteiger partial charge >= 0.3 is 0 Å². The number of hydrogen-bond acceptors (Lipinski definition) is 10. The molecule has 10 nitrogen and oxygen atoms in total. The van der Waals surface area contributed by atoms with Crippen LogP contribution in [0.25, 0.3) is 0 Å². The second kappa shape index (κ2) is 14.1. The number of hydrogen-bond donors (Lipinski definition) is 2. The van der Waals surface area contributed by atoms with Crippen molar-refractivity contribution in [2.24, 2.45) is 0 Å². The van der Waals surface area contributed by atoms with Crippen LogP contribution in [0.5, 0.6) is 5.75 Å². The van der Waals surface area contributed by atoms with E-state index in [2.05, 4.69) is 44.1 Å². The smallest absolute Gasteiger partial charge is 0.181 e. The van der Waals surface area contributed by atoms with E-state index in [0.717, 1.165) is 93.9 Å². The number of aliphatic hydroxyl groups is 1. The molecule has 1 atom stereocenters. The number of aliphatic hydroxyl groups excluding tert-OH is 1. The fourth-order valence-corrected chi connectivity index (χ4v) is 6.25. The van der Waals surface area contributed by atoms with Crippen LogP contribution in [-0.2, 0) is 19.6 Å². The Morgan fingerprint density at radius 2 is 1.95 bits per heavy atom. The molecule has 1 saturated carbocycles. The molecule has 0 bridgehead atoms. The van der Waals surface area contributed by atoms with Gasteiger partial charge in [0, 0.05) is 63.8 Å². The lowest BCUT2D eigenvalue weighted by Crippen LogP contribution is -2.46. The number of anilines is 2. The highest BCUT2D eigenvalue weighted by molar-refractivity contribution is 5.97. The van der Waals surface area contributed by atoms with Gasteiger partial charge in [-0.25, -0.2) is 9.97 Å². The number of Topliss-reactive ketones (excluding diaryl/α,β-unsaturated/α-hetero) is 1. The van der Waals surface area contributed by atoms with Gasteiger partial charge in [0.2, 0.25) is 0 Å². The van der Waals surface area contributed by atoms with Gasteiger partial charge in [0.25, 0.3) is 0 Å². The Balaban J connectivity index is 1.01. The van der Waals surface area contributed by atoms with Crippen LogP contribution in [0.4, 0.5) is 11.6 Å². The number of β-amino-alcohol motifs (C(OH)–C–C–N with tert-alkyl or cyclic N) is 1. The second-order valence-corrected chi connectivity index (χ2v) is 12.5. The molecule has 6 rings (SSSR count). The van der Waals surface area contributed by atoms with Crippen LogP contribution in [-0.4, -0.2) is 88.6 Å². The lowest BCUT2D eigenvalue weighted by molar-refractivity contribution is 0.0836. The van der Waals surface area contributed by atoms with Crippen LogP contribution in [0, 0.1) is 6.92 Å². The summed E-state index contributed by atoms with van der Waals surface area (Å²) in [7, 11) is 0. The minimum Gasteiger partial charge on any atom is -0.486 e. The van der Waals surface area contributed by atoms with E-state index in [1.807, 2.05) is 25.1 Å². The molecule has 2 aromatic heterocycles. The summed E-state index contributed by atoms with van der Waals surface area (Å²) in [5.74, 6) is 3.29. The Hall–Kier alpha value is -3.47. The molecule has 1 aliphatic carbocycles. The molecule has 3 aliphatic rings. The van der Waals surface area contributed by atoms with Crippen LogP contribution in [0.2, 0.25) is 0 Å². The fraction of sp³-hybridized carbons (Fsp3) is 0.559. The first-order valence-corrected chi connectivity index (χ1v) is 16.3. The molecule has 44 heavy (non-hydrogen) atoms. The summed E-state index contributed by atoms with van der Waals surface area (Å²) in [6.45, 7) is 11.5. The lowest BCUT2D eigenvalue weighted by Gasteiger charge is -2.35. The van der Waals surface area contributed by atoms with Gasteiger partial charge in [0.1, 0.15) is 24.0 Å². The predicted octanol–water partition coefficient (Wildman–Crippen LogP) is 4.45. The molecule has 2 aliphatic heterocycles. The van der Waals surface area contributed by atoms with Crippen molar-refractivity contribution < 1.29 is 19.1 Å². The van der Waals surface area contributed by atoms with E-state index < -0.39 is 6.10 Å². The highest BCUT2D eigenvalue weighted by Gasteiger charge is 2.24. The standard InChI is InChI=1S/C34H46N6O4/c1-3-38-13-15-40(16-14-38)34-19-27(18-33(37-34)36-28-5-4-6-28)31(42)10-8-29(41)21-39-12-11-25-17-30(9-7-26(25)20-39)43-22-32-24(2)35-23-44-32/h7,9,17-19,23,28-29,41H,3-6,8,10-16,20-22H2,1-2H3,(H,36,37)/t29-/m0/s1. The molecule has 2 N–H and O–H groups in total. The molecule has 1 aromatic carbocycles. The Morgan fingerprint density at radius 1 is 1.11 bits per heavy atom. The molecule has 4 heterocycles. The number of carbonyl (C=O) groups excluding carboxylic acids is 1. The number of piperazine rings is 1. The van der Waals surface area contributed by atoms with E-state index in [0.29, 0.717) is 37.6 Å². The topological polar surface area (TPSA) is 107 Å². The summed E-state index contributed by atoms with van der Waals surface area (Å²) in [5, 5.41) is 14.5. The normalized spacial score (nSPS) is 18.5. The lowest BCUT2D eigenvalue weighted by atomic mass is 9.93. The van der Waals surface area contributed by atoms with Crippen molar-refractivity contribution in [3.05, 3.63) is 64.9 Å². The van der Waals surface area contributed by atoms with Crippen molar-refractivity contribution in [1.82, 2.24) is 19.8 Å². The zero-order valence-corrected chi connectivity index (χ0v) is 26.1. The van der Waals surface area contributed by atoms with Crippen LogP contribution in [0.15, 0.2) is 41.1 Å². The van der Waals surface area contributed by atoms with Gasteiger partial charge in [-0.2, -0.15) is 0 Å². The number of carbonyl (C=O) groups is 1. The fourth-order valence-electron chi connectivity index (χ4n) is 6.25. The maximum Gasteiger partial charge on any atom is 0.181 e. The number of fused-ring (bicyclic) bond motifs is 1. The van der Waals surface area contributed by atoms with E-state index in [-0.39, 0.29) is 5.78 Å². The Bertz CT molecular complexity index is 1410. The first-order valence-electron chi connectivity index (χ1n) is 16.3. The van der Waals surface area contributed by atoms with E-state index in [9.17, 15) is 9.90 Å². The molecule has 0 radical (unpaired) electrons. The molecule has 0 unspecified atom stereocenters. The minimum absolute atomic E-state index is 0.0635. The first kappa shape index (κ1) is 30.6. The summed E-state index contributed by atoms with van der Waals surface area (Å²) >= 11 is 0. The third-order valence-electron chi connectivity index (χ3n) is 9.39. The number of nitrogens with one attached hydrogen (secondary N) is 1. The number of ether oxygens (including phenoxy) is 1. The second-order valence-electron chi connectivity index (χ2n) is 12.5. The molecular weight excluding hydrogens is 556 g/mol. The third-order valence-corrected chi connectivity index (χ3v) is 9.39. The molecule has 0 spiro atoms. The van der Waals surface area contributed by atoms with Gasteiger partial charge in [0.05, 0.1) is 11.8 Å². The number of nitrogens with zero attached hydrogens (tertiary/aromatic N) is 5. The Morgan fingerprint density at radius 3 is 2.68 bits per heavy atom. The van der Waals surface area contributed by atoms with Crippen molar-refractivity contribution in [2.45, 2.75) is 77.7 Å². The molecular formula is C34H46N6O4. The van der Waals surface area contributed by atoms with Gasteiger partial charge in [-0.3, -0.25) is 9.69 Å². The van der Waals surface area contributed by atoms with Gasteiger partial charge < -0.3 is 29.4 Å². The number of rotatable bonds is 13. The molecule has 236 valence electrons. The quantitative estimate of drug-likeness (QED) is 0.273. The van der Waals surface area contributed by atoms with E-state index in [1.54, 1.807) is 0 Å². The first-order chi connectivity index (χ1) is 21.4. The molecule has 2 fully saturated rings. The van der Waals surface area contributed by atoms with Crippen molar-refractivity contribution in [2.75, 3.05) is 56.0 Å². The highest BCUT2D eigenvalue weighted by Crippen LogP contribution is 2.27. The number of ketones is 1. The number of likely N-dealkylation sites (N-methyl/N-ethyl adjacent to an activating group) is 1. The number of benzene rings is 1. The van der Waals surface area contributed by atoms with Gasteiger partial charge in [-0.15, -0.1) is 0 Å². The van der Waals surface area contributed by atoms with E-state index in [4.69, 9.17) is 14.1 Å². The van der Waals surface area contributed by atoms with Crippen molar-refractivity contribution in [1.29, 1.82) is 0 Å². The zero-order chi connectivity index (χ0) is 30.5. The minimum atomic E-state index is -0.566. The maximum absolute atomic E-state index is 13.4. The van der Waals surface area contributed by atoms with Crippen LogP contribution >= 0.6 is 0 Å². The molecule has 1 saturated heterocycles. The molecule has 10 heteroatoms. The van der Waals surface area contributed by atoms with Crippen molar-refractivity contribution >= 4 is 17.4 Å². The number of aromatic nitrogens is 2. The summed E-state index contributed by atoms with van der Waals surface area (Å²) < 4.78 is 11.3. The Labute approximate surface area is 260 Å². The average molecular weight is 603 g/mol. The van der Waals surface area contributed by atoms with Crippen molar-refractivity contribution in [3.8, 4) is 5.75 Å². The average Bonchev–Trinajstić information content (AvgIpc) is 3.44. The SMILES string of the molecule is CCN1CCN(c2cc(C(=O)CC[C@H](O)CN3CCc4cc(OCc5ocnc5C)ccc4C3)cc(NC3CCC3)n2)CC1. The zero-order valence-electron chi connectivity index (χ0n) is 26.1. The Kier molecular flexibility index (Phi) is 9.79. The van der Waals surface area contributed by atoms with Crippen LogP contribution < -0.4 is 15.0 Å². The van der Waals surface area contributed by atoms with Gasteiger partial charge in [-0.1, -0.05) is 13.0 Å².